The van der Waals surface area contributed by atoms with Crippen molar-refractivity contribution in [2.45, 2.75) is 72.5 Å². The van der Waals surface area contributed by atoms with Crippen molar-refractivity contribution in [2.75, 3.05) is 0 Å². The van der Waals surface area contributed by atoms with E-state index >= 15 is 0 Å². The number of hydrogen-bond donors (Lipinski definition) is 0. The first-order valence-electron chi connectivity index (χ1n) is 10.7. The third-order valence-corrected chi connectivity index (χ3v) is 7.51. The van der Waals surface area contributed by atoms with Crippen LogP contribution < -0.4 is 0 Å². The summed E-state index contributed by atoms with van der Waals surface area (Å²) in [5.41, 5.74) is 6.43. The Morgan fingerprint density at radius 1 is 1.04 bits per heavy atom. The molecule has 27 heavy (non-hydrogen) atoms. The maximum absolute atomic E-state index is 2.52. The minimum Gasteiger partial charge on any atom is -0.239 e. The molecule has 0 aromatic rings. The fraction of sp³-hybridized carbons (Fsp3) is 0.500. The molecule has 3 rings (SSSR count). The zero-order valence-electron chi connectivity index (χ0n) is 17.8. The second-order valence-electron chi connectivity index (χ2n) is 9.30. The lowest BCUT2D eigenvalue weighted by Gasteiger charge is -2.17. The third kappa shape index (κ3) is 5.47. The lowest BCUT2D eigenvalue weighted by atomic mass is 9.48. The molecule has 0 amide bonds. The third-order valence-electron chi connectivity index (χ3n) is 5.79. The average Bonchev–Trinajstić information content (AvgIpc) is 3.03. The van der Waals surface area contributed by atoms with Gasteiger partial charge >= 0.3 is 0 Å². The molecule has 0 N–H and O–H groups in total. The quantitative estimate of drug-likeness (QED) is 0.446. The number of allylic oxidation sites excluding steroid dienone is 11. The first-order chi connectivity index (χ1) is 12.9. The molecule has 0 nitrogen and oxygen atoms in total. The van der Waals surface area contributed by atoms with Crippen LogP contribution >= 0.6 is 11.5 Å². The molecule has 3 heteroatoms. The summed E-state index contributed by atoms with van der Waals surface area (Å²) in [6.07, 6.45) is 22.7. The van der Waals surface area contributed by atoms with Crippen molar-refractivity contribution in [3.8, 4) is 0 Å². The van der Waals surface area contributed by atoms with Crippen LogP contribution in [0.1, 0.15) is 66.7 Å². The number of fused-ring (bicyclic) bond motifs is 1. The van der Waals surface area contributed by atoms with Gasteiger partial charge in [-0.1, -0.05) is 106 Å². The van der Waals surface area contributed by atoms with E-state index in [0.717, 1.165) is 18.7 Å². The summed E-state index contributed by atoms with van der Waals surface area (Å²) in [6, 6.07) is 0. The molecule has 0 aromatic heterocycles. The Kier molecular flexibility index (Phi) is 6.84. The highest BCUT2D eigenvalue weighted by Gasteiger charge is 2.40. The fourth-order valence-electron chi connectivity index (χ4n) is 3.90. The highest BCUT2D eigenvalue weighted by molar-refractivity contribution is 8.48. The zero-order chi connectivity index (χ0) is 19.4. The largest absolute Gasteiger partial charge is 0.255 e. The summed E-state index contributed by atoms with van der Waals surface area (Å²) in [6.45, 7) is 11.5. The second-order valence-corrected chi connectivity index (χ2v) is 10.6. The average molecular weight is 376 g/mol. The summed E-state index contributed by atoms with van der Waals surface area (Å²) in [7, 11) is 0. The monoisotopic (exact) mass is 376 g/mol. The summed E-state index contributed by atoms with van der Waals surface area (Å²) >= 11 is 2.17. The van der Waals surface area contributed by atoms with Crippen LogP contribution in [0.15, 0.2) is 70.6 Å². The normalized spacial score (nSPS) is 22.0. The molecular formula is C24H34B2S. The van der Waals surface area contributed by atoms with Crippen LogP contribution in [-0.4, -0.2) is 12.0 Å². The molecule has 1 fully saturated rings. The van der Waals surface area contributed by atoms with E-state index in [1.165, 1.54) is 30.4 Å². The Hall–Kier alpha value is -1.08. The van der Waals surface area contributed by atoms with Gasteiger partial charge in [0.1, 0.15) is 0 Å². The molecule has 0 aromatic carbocycles. The van der Waals surface area contributed by atoms with Gasteiger partial charge in [0, 0.05) is 0 Å². The topological polar surface area (TPSA) is 0 Å². The summed E-state index contributed by atoms with van der Waals surface area (Å²) in [5, 5.41) is 0. The zero-order valence-corrected chi connectivity index (χ0v) is 18.6. The lowest BCUT2D eigenvalue weighted by Crippen LogP contribution is -2.14. The molecule has 1 aliphatic heterocycles. The minimum atomic E-state index is 0.259. The van der Waals surface area contributed by atoms with Crippen LogP contribution in [0.5, 0.6) is 0 Å². The molecule has 1 saturated heterocycles. The van der Waals surface area contributed by atoms with E-state index in [2.05, 4.69) is 94.6 Å². The smallest absolute Gasteiger partial charge is 0.239 e. The Labute approximate surface area is 172 Å². The van der Waals surface area contributed by atoms with E-state index in [0.29, 0.717) is 12.0 Å². The predicted octanol–water partition coefficient (Wildman–Crippen LogP) is 7.59. The Morgan fingerprint density at radius 2 is 1.67 bits per heavy atom. The molecule has 2 aliphatic carbocycles. The summed E-state index contributed by atoms with van der Waals surface area (Å²) in [4.78, 5) is 0. The van der Waals surface area contributed by atoms with Gasteiger partial charge in [0.25, 0.3) is 5.99 Å². The van der Waals surface area contributed by atoms with Crippen LogP contribution in [0.4, 0.5) is 0 Å². The van der Waals surface area contributed by atoms with Gasteiger partial charge in [-0.05, 0) is 42.2 Å². The molecule has 0 radical (unpaired) electrons. The Balaban J connectivity index is 1.69. The first kappa shape index (κ1) is 20.6. The molecule has 1 atom stereocenters. The van der Waals surface area contributed by atoms with E-state index in [9.17, 15) is 0 Å². The van der Waals surface area contributed by atoms with Gasteiger partial charge in [-0.15, -0.1) is 0 Å². The van der Waals surface area contributed by atoms with Gasteiger partial charge in [0.2, 0.25) is 5.99 Å². The molecular weight excluding hydrogens is 342 g/mol. The minimum absolute atomic E-state index is 0.259. The van der Waals surface area contributed by atoms with Crippen LogP contribution in [-0.2, 0) is 0 Å². The molecule has 0 bridgehead atoms. The van der Waals surface area contributed by atoms with Crippen LogP contribution in [0.25, 0.3) is 0 Å². The van der Waals surface area contributed by atoms with Gasteiger partial charge in [0.05, 0.1) is 0 Å². The van der Waals surface area contributed by atoms with Crippen molar-refractivity contribution in [1.29, 1.82) is 0 Å². The van der Waals surface area contributed by atoms with Crippen molar-refractivity contribution in [2.24, 2.45) is 5.41 Å². The van der Waals surface area contributed by atoms with Crippen LogP contribution in [0.3, 0.4) is 0 Å². The van der Waals surface area contributed by atoms with E-state index in [-0.39, 0.29) is 5.41 Å². The number of rotatable bonds is 5. The van der Waals surface area contributed by atoms with E-state index < -0.39 is 0 Å². The van der Waals surface area contributed by atoms with Gasteiger partial charge in [-0.25, -0.2) is 11.5 Å². The maximum atomic E-state index is 2.52. The van der Waals surface area contributed by atoms with Crippen molar-refractivity contribution in [1.82, 2.24) is 0 Å². The van der Waals surface area contributed by atoms with E-state index in [4.69, 9.17) is 0 Å². The fourth-order valence-corrected chi connectivity index (χ4v) is 5.60. The van der Waals surface area contributed by atoms with Gasteiger partial charge < -0.3 is 0 Å². The van der Waals surface area contributed by atoms with Crippen LogP contribution in [0.2, 0.25) is 5.82 Å². The van der Waals surface area contributed by atoms with E-state index in [1.807, 2.05) is 0 Å². The van der Waals surface area contributed by atoms with Crippen molar-refractivity contribution in [3.05, 3.63) is 70.6 Å². The first-order valence-corrected chi connectivity index (χ1v) is 11.6. The Morgan fingerprint density at radius 3 is 2.26 bits per heavy atom. The Bertz CT molecular complexity index is 728. The van der Waals surface area contributed by atoms with Crippen molar-refractivity contribution < 1.29 is 0 Å². The van der Waals surface area contributed by atoms with Crippen LogP contribution in [0, 0.1) is 5.41 Å². The molecule has 142 valence electrons. The molecule has 3 aliphatic rings. The highest BCUT2D eigenvalue weighted by Crippen LogP contribution is 2.45. The highest BCUT2D eigenvalue weighted by atomic mass is 32.2. The lowest BCUT2D eigenvalue weighted by molar-refractivity contribution is 0.543. The maximum Gasteiger partial charge on any atom is 0.255 e. The summed E-state index contributed by atoms with van der Waals surface area (Å²) in [5.74, 6) is 4.46. The van der Waals surface area contributed by atoms with Crippen molar-refractivity contribution in [3.63, 3.8) is 0 Å². The van der Waals surface area contributed by atoms with Gasteiger partial charge in [0.15, 0.2) is 0 Å². The van der Waals surface area contributed by atoms with Gasteiger partial charge in [-0.2, -0.15) is 0 Å². The SMILES string of the molecule is CCC(C)B1SB(/C=C/C2=CC=C(/C=C/C(C)(C)C)CC2)C2=CCCC=C12. The molecule has 0 saturated carbocycles. The predicted molar refractivity (Wildman–Crippen MR) is 127 cm³/mol. The molecule has 1 heterocycles. The molecule has 0 spiro atoms. The van der Waals surface area contributed by atoms with Gasteiger partial charge in [-0.3, -0.25) is 0 Å². The second kappa shape index (κ2) is 8.95. The standard InChI is InChI=1S/C24H34B2S/c1-6-19(2)26-23-10-8-7-9-22(23)25(27-26)18-16-21-13-11-20(12-14-21)15-17-24(3,4)5/h9-11,13,15-19H,6-8,12,14H2,1-5H3/b17-15+,18-16+. The number of hydrogen-bond acceptors (Lipinski definition) is 1. The summed E-state index contributed by atoms with van der Waals surface area (Å²) < 4.78 is 0. The molecule has 1 unspecified atom stereocenters. The van der Waals surface area contributed by atoms with Crippen molar-refractivity contribution >= 4 is 23.4 Å². The van der Waals surface area contributed by atoms with E-state index in [1.54, 1.807) is 10.9 Å².